The molecule has 266 valence electrons. The van der Waals surface area contributed by atoms with E-state index in [2.05, 4.69) is 48.2 Å². The van der Waals surface area contributed by atoms with Crippen molar-refractivity contribution in [3.05, 3.63) is 36.5 Å². The van der Waals surface area contributed by atoms with E-state index in [-0.39, 0.29) is 0 Å². The van der Waals surface area contributed by atoms with Crippen LogP contribution in [0.4, 0.5) is 57.1 Å². The molecule has 46 heavy (non-hydrogen) atoms. The molecule has 0 amide bonds. The summed E-state index contributed by atoms with van der Waals surface area (Å²) in [5.74, 6) is -27.7. The van der Waals surface area contributed by atoms with Gasteiger partial charge in [-0.05, 0) is 20.8 Å². The lowest BCUT2D eigenvalue weighted by Gasteiger charge is -2.36. The maximum Gasteiger partial charge on any atom is 0.425 e. The molecule has 0 fully saturated rings. The SMILES string of the molecule is C=C(C)C(=O)OCC(F)(F)C(F)(F)OCC(F)(COC(F)(F)C(F)(F)COC(=O)C(=C)C)OC(F)(F)C(F)(F)COC(=O)C(=C)C. The maximum atomic E-state index is 15.3. The van der Waals surface area contributed by atoms with Crippen molar-refractivity contribution in [2.75, 3.05) is 33.0 Å². The Morgan fingerprint density at radius 3 is 0.935 bits per heavy atom. The van der Waals surface area contributed by atoms with Crippen molar-refractivity contribution in [2.24, 2.45) is 0 Å². The van der Waals surface area contributed by atoms with Crippen molar-refractivity contribution in [2.45, 2.75) is 62.7 Å². The normalized spacial score (nSPS) is 13.6. The van der Waals surface area contributed by atoms with Crippen LogP contribution in [0.3, 0.4) is 0 Å². The van der Waals surface area contributed by atoms with Gasteiger partial charge in [-0.1, -0.05) is 19.7 Å². The average molecular weight is 704 g/mol. The highest BCUT2D eigenvalue weighted by Gasteiger charge is 2.66. The third-order valence-corrected chi connectivity index (χ3v) is 4.73. The molecule has 0 saturated heterocycles. The Kier molecular flexibility index (Phi) is 13.9. The molecule has 0 atom stereocenters. The van der Waals surface area contributed by atoms with Gasteiger partial charge < -0.3 is 23.7 Å². The molecule has 0 aromatic rings. The first-order valence-corrected chi connectivity index (χ1v) is 11.8. The largest absolute Gasteiger partial charge is 0.456 e. The first kappa shape index (κ1) is 42.6. The van der Waals surface area contributed by atoms with Crippen LogP contribution in [-0.2, 0) is 42.8 Å². The van der Waals surface area contributed by atoms with Crippen molar-refractivity contribution in [3.8, 4) is 0 Å². The zero-order valence-electron chi connectivity index (χ0n) is 23.7. The Hall–Kier alpha value is -3.40. The Morgan fingerprint density at radius 2 is 0.696 bits per heavy atom. The summed E-state index contributed by atoms with van der Waals surface area (Å²) >= 11 is 0. The minimum Gasteiger partial charge on any atom is -0.456 e. The molecule has 0 radical (unpaired) electrons. The minimum absolute atomic E-state index is 0.599. The van der Waals surface area contributed by atoms with Crippen LogP contribution in [0.15, 0.2) is 36.5 Å². The molecule has 0 aliphatic heterocycles. The smallest absolute Gasteiger partial charge is 0.425 e. The van der Waals surface area contributed by atoms with Crippen molar-refractivity contribution in [3.63, 3.8) is 0 Å². The second kappa shape index (κ2) is 15.0. The van der Waals surface area contributed by atoms with E-state index in [1.54, 1.807) is 0 Å². The molecule has 0 bridgehead atoms. The monoisotopic (exact) mass is 704 g/mol. The fourth-order valence-electron chi connectivity index (χ4n) is 2.10. The van der Waals surface area contributed by atoms with Crippen molar-refractivity contribution in [1.82, 2.24) is 0 Å². The van der Waals surface area contributed by atoms with Crippen LogP contribution in [0.25, 0.3) is 0 Å². The van der Waals surface area contributed by atoms with Crippen LogP contribution in [0.1, 0.15) is 20.8 Å². The Balaban J connectivity index is 6.31. The summed E-state index contributed by atoms with van der Waals surface area (Å²) in [6.45, 7) is -2.79. The van der Waals surface area contributed by atoms with Gasteiger partial charge in [0.1, 0.15) is 13.2 Å². The van der Waals surface area contributed by atoms with Gasteiger partial charge in [-0.2, -0.15) is 52.7 Å². The minimum atomic E-state index is -6.41. The summed E-state index contributed by atoms with van der Waals surface area (Å²) in [6, 6.07) is 0. The van der Waals surface area contributed by atoms with Gasteiger partial charge in [0.15, 0.2) is 19.8 Å². The molecule has 0 aromatic carbocycles. The molecule has 0 aromatic heterocycles. The lowest BCUT2D eigenvalue weighted by atomic mass is 10.2. The summed E-state index contributed by atoms with van der Waals surface area (Å²) in [7, 11) is 0. The van der Waals surface area contributed by atoms with Crippen LogP contribution >= 0.6 is 0 Å². The van der Waals surface area contributed by atoms with E-state index in [0.29, 0.717) is 0 Å². The molecule has 0 saturated carbocycles. The third-order valence-electron chi connectivity index (χ3n) is 4.73. The van der Waals surface area contributed by atoms with Gasteiger partial charge in [-0.3, -0.25) is 4.74 Å². The van der Waals surface area contributed by atoms with E-state index in [1.807, 2.05) is 0 Å². The summed E-state index contributed by atoms with van der Waals surface area (Å²) in [5.41, 5.74) is -1.84. The van der Waals surface area contributed by atoms with Gasteiger partial charge in [-0.15, -0.1) is 0 Å². The number of esters is 3. The molecular weight excluding hydrogens is 679 g/mol. The lowest BCUT2D eigenvalue weighted by Crippen LogP contribution is -2.57. The highest BCUT2D eigenvalue weighted by molar-refractivity contribution is 5.87. The van der Waals surface area contributed by atoms with Crippen LogP contribution in [0.2, 0.25) is 0 Å². The van der Waals surface area contributed by atoms with Crippen LogP contribution in [0, 0.1) is 0 Å². The molecule has 0 aliphatic rings. The maximum absolute atomic E-state index is 15.3. The summed E-state index contributed by atoms with van der Waals surface area (Å²) in [6.07, 6.45) is -18.6. The molecule has 0 N–H and O–H groups in total. The van der Waals surface area contributed by atoms with E-state index in [4.69, 9.17) is 0 Å². The van der Waals surface area contributed by atoms with E-state index in [9.17, 15) is 67.1 Å². The topological polar surface area (TPSA) is 107 Å². The number of hydrogen-bond donors (Lipinski definition) is 0. The predicted octanol–water partition coefficient (Wildman–Crippen LogP) is 5.74. The lowest BCUT2D eigenvalue weighted by molar-refractivity contribution is -0.445. The zero-order chi connectivity index (χ0) is 36.7. The van der Waals surface area contributed by atoms with Gasteiger partial charge in [0.2, 0.25) is 0 Å². The fraction of sp³-hybridized carbons (Fsp3) is 0.625. The highest BCUT2D eigenvalue weighted by atomic mass is 19.3. The van der Waals surface area contributed by atoms with Gasteiger partial charge >= 0.3 is 54.0 Å². The third kappa shape index (κ3) is 11.8. The molecule has 0 rings (SSSR count). The van der Waals surface area contributed by atoms with Crippen molar-refractivity contribution < 1.29 is 99.9 Å². The Bertz CT molecular complexity index is 1110. The zero-order valence-corrected chi connectivity index (χ0v) is 23.7. The van der Waals surface area contributed by atoms with E-state index in [0.717, 1.165) is 20.8 Å². The van der Waals surface area contributed by atoms with Gasteiger partial charge in [0, 0.05) is 16.7 Å². The van der Waals surface area contributed by atoms with E-state index < -0.39 is 110 Å². The predicted molar refractivity (Wildman–Crippen MR) is 124 cm³/mol. The number of alkyl halides is 13. The second-order valence-corrected chi connectivity index (χ2v) is 9.30. The van der Waals surface area contributed by atoms with Gasteiger partial charge in [0.25, 0.3) is 5.85 Å². The molecule has 0 spiro atoms. The van der Waals surface area contributed by atoms with E-state index >= 15 is 4.39 Å². The average Bonchev–Trinajstić information content (AvgIpc) is 2.90. The molecule has 0 unspecified atom stereocenters. The first-order valence-electron chi connectivity index (χ1n) is 11.8. The molecular formula is C24H25F13O9. The molecule has 9 nitrogen and oxygen atoms in total. The van der Waals surface area contributed by atoms with Gasteiger partial charge in [0.05, 0.1) is 0 Å². The molecule has 22 heteroatoms. The number of carbonyl (C=O) groups is 3. The summed E-state index contributed by atoms with van der Waals surface area (Å²) in [4.78, 5) is 33.6. The van der Waals surface area contributed by atoms with Crippen molar-refractivity contribution in [1.29, 1.82) is 0 Å². The number of rotatable bonds is 20. The van der Waals surface area contributed by atoms with Crippen LogP contribution < -0.4 is 0 Å². The fourth-order valence-corrected chi connectivity index (χ4v) is 2.10. The number of halogens is 13. The molecule has 0 heterocycles. The Labute approximate surface area is 250 Å². The highest BCUT2D eigenvalue weighted by Crippen LogP contribution is 2.43. The molecule has 0 aliphatic carbocycles. The number of hydrogen-bond acceptors (Lipinski definition) is 9. The summed E-state index contributed by atoms with van der Waals surface area (Å²) < 4.78 is 205. The summed E-state index contributed by atoms with van der Waals surface area (Å²) in [5, 5.41) is 0. The quantitative estimate of drug-likeness (QED) is 0.0679. The van der Waals surface area contributed by atoms with Crippen LogP contribution in [0.5, 0.6) is 0 Å². The number of carbonyl (C=O) groups excluding carboxylic acids is 3. The van der Waals surface area contributed by atoms with E-state index in [1.165, 1.54) is 0 Å². The van der Waals surface area contributed by atoms with Crippen LogP contribution in [-0.4, -0.2) is 92.9 Å². The van der Waals surface area contributed by atoms with Gasteiger partial charge in [-0.25, -0.2) is 18.8 Å². The van der Waals surface area contributed by atoms with Crippen molar-refractivity contribution >= 4 is 17.9 Å². The number of ether oxygens (including phenoxy) is 6. The first-order chi connectivity index (χ1) is 20.4. The Morgan fingerprint density at radius 1 is 0.457 bits per heavy atom. The second-order valence-electron chi connectivity index (χ2n) is 9.30. The standard InChI is InChI=1S/C24H25F13O9/c1-12(2)15(38)41-9-19(26,27)22(32,33)44-7-18(25,46-24(36,37)21(30,31)11-43-17(40)14(5)6)8-45-23(34,35)20(28,29)10-42-16(39)13(3)4/h1,3,5,7-11H2,2,4,6H3.